The molecule has 2 N–H and O–H groups in total. The molecule has 4 nitrogen and oxygen atoms in total. The van der Waals surface area contributed by atoms with Gasteiger partial charge in [-0.3, -0.25) is 0 Å². The van der Waals surface area contributed by atoms with E-state index in [0.717, 1.165) is 0 Å². The first-order chi connectivity index (χ1) is 5.57. The highest BCUT2D eigenvalue weighted by Crippen LogP contribution is 2.44. The Balaban J connectivity index is 4.46. The molecule has 0 fully saturated rings. The van der Waals surface area contributed by atoms with E-state index in [9.17, 15) is 8.42 Å². The normalized spacial score (nSPS) is 14.2. The lowest BCUT2D eigenvalue weighted by atomic mass is 10.9. The van der Waals surface area contributed by atoms with Gasteiger partial charge in [0.15, 0.2) is 4.84 Å². The van der Waals surface area contributed by atoms with Crippen LogP contribution in [0.2, 0.25) is 0 Å². The van der Waals surface area contributed by atoms with Crippen molar-refractivity contribution in [3.8, 4) is 0 Å². The molecule has 0 heterocycles. The molecule has 0 radical (unpaired) electrons. The molecule has 80 valence electrons. The highest BCUT2D eigenvalue weighted by Gasteiger charge is 2.37. The summed E-state index contributed by atoms with van der Waals surface area (Å²) >= 11 is 22.4. The molecule has 0 amide bonds. The SMILES string of the molecule is CN(SC(Cl)(Cl)C(Cl)Cl)S(N)(=O)=O. The van der Waals surface area contributed by atoms with E-state index in [1.165, 1.54) is 7.05 Å². The van der Waals surface area contributed by atoms with Crippen molar-refractivity contribution in [3.05, 3.63) is 0 Å². The van der Waals surface area contributed by atoms with Crippen molar-refractivity contribution in [2.45, 2.75) is 8.50 Å². The van der Waals surface area contributed by atoms with Gasteiger partial charge < -0.3 is 0 Å². The molecule has 0 spiro atoms. The van der Waals surface area contributed by atoms with E-state index in [1.807, 2.05) is 0 Å². The molecule has 0 rings (SSSR count). The predicted octanol–water partition coefficient (Wildman–Crippen LogP) is 1.70. The predicted molar refractivity (Wildman–Crippen MR) is 58.4 cm³/mol. The summed E-state index contributed by atoms with van der Waals surface area (Å²) in [6.07, 6.45) is 0. The van der Waals surface area contributed by atoms with Crippen LogP contribution in [0.25, 0.3) is 0 Å². The Hall–Kier alpha value is 1.38. The minimum absolute atomic E-state index is 0.504. The van der Waals surface area contributed by atoms with E-state index in [0.29, 0.717) is 15.7 Å². The summed E-state index contributed by atoms with van der Waals surface area (Å²) in [6, 6.07) is 0. The Kier molecular flexibility index (Phi) is 5.46. The van der Waals surface area contributed by atoms with E-state index in [4.69, 9.17) is 51.5 Å². The number of nitrogens with zero attached hydrogens (tertiary/aromatic N) is 1. The zero-order valence-electron chi connectivity index (χ0n) is 6.25. The largest absolute Gasteiger partial charge is 0.286 e. The van der Waals surface area contributed by atoms with E-state index in [-0.39, 0.29) is 0 Å². The summed E-state index contributed by atoms with van der Waals surface area (Å²) in [5.74, 6) is 0. The molecule has 0 saturated heterocycles. The molecule has 0 aliphatic rings. The average molecular weight is 308 g/mol. The molecule has 0 aromatic carbocycles. The van der Waals surface area contributed by atoms with Crippen LogP contribution in [0, 0.1) is 0 Å². The zero-order valence-corrected chi connectivity index (χ0v) is 10.9. The third-order valence-electron chi connectivity index (χ3n) is 0.863. The lowest BCUT2D eigenvalue weighted by molar-refractivity contribution is 0.566. The van der Waals surface area contributed by atoms with Crippen molar-refractivity contribution < 1.29 is 8.42 Å². The van der Waals surface area contributed by atoms with Crippen molar-refractivity contribution in [1.29, 1.82) is 0 Å². The van der Waals surface area contributed by atoms with E-state index < -0.39 is 18.7 Å². The fraction of sp³-hybridized carbons (Fsp3) is 1.00. The summed E-state index contributed by atoms with van der Waals surface area (Å²) < 4.78 is 20.4. The number of rotatable bonds is 4. The van der Waals surface area contributed by atoms with E-state index >= 15 is 0 Å². The lowest BCUT2D eigenvalue weighted by Crippen LogP contribution is -2.33. The quantitative estimate of drug-likeness (QED) is 0.635. The Morgan fingerprint density at radius 3 is 2.08 bits per heavy atom. The highest BCUT2D eigenvalue weighted by atomic mass is 35.5. The van der Waals surface area contributed by atoms with Crippen molar-refractivity contribution in [3.63, 3.8) is 0 Å². The van der Waals surface area contributed by atoms with Crippen LogP contribution in [0.5, 0.6) is 0 Å². The Labute approximate surface area is 101 Å². The van der Waals surface area contributed by atoms with Gasteiger partial charge in [-0.05, 0) is 11.9 Å². The fourth-order valence-electron chi connectivity index (χ4n) is 0.263. The molecule has 0 aromatic rings. The molecular formula is C3H6Cl4N2O2S2. The Bertz CT molecular complexity index is 267. The van der Waals surface area contributed by atoms with Crippen molar-refractivity contribution >= 4 is 68.6 Å². The smallest absolute Gasteiger partial charge is 0.215 e. The molecule has 0 bridgehead atoms. The molecule has 13 heavy (non-hydrogen) atoms. The third kappa shape index (κ3) is 5.13. The maximum absolute atomic E-state index is 10.7. The summed E-state index contributed by atoms with van der Waals surface area (Å²) in [4.78, 5) is -1.15. The molecule has 0 aliphatic heterocycles. The second kappa shape index (κ2) is 4.94. The van der Waals surface area contributed by atoms with Crippen LogP contribution < -0.4 is 5.14 Å². The number of hydrogen-bond acceptors (Lipinski definition) is 3. The van der Waals surface area contributed by atoms with Crippen LogP contribution in [0.4, 0.5) is 0 Å². The van der Waals surface area contributed by atoms with Gasteiger partial charge in [-0.2, -0.15) is 8.42 Å². The standard InChI is InChI=1S/C3H6Cl4N2O2S2/c1-9(13(8,10)11)12-3(6,7)2(4)5/h2H,1H3,(H2,8,10,11). The first kappa shape index (κ1) is 14.4. The van der Waals surface area contributed by atoms with E-state index in [1.54, 1.807) is 0 Å². The maximum atomic E-state index is 10.7. The van der Waals surface area contributed by atoms with E-state index in [2.05, 4.69) is 0 Å². The molecule has 0 atom stereocenters. The number of alkyl halides is 4. The molecule has 0 aliphatic carbocycles. The zero-order chi connectivity index (χ0) is 10.9. The maximum Gasteiger partial charge on any atom is 0.286 e. The molecule has 0 unspecified atom stereocenters. The summed E-state index contributed by atoms with van der Waals surface area (Å²) in [5.41, 5.74) is 0. The van der Waals surface area contributed by atoms with Gasteiger partial charge in [-0.1, -0.05) is 23.2 Å². The van der Waals surface area contributed by atoms with Gasteiger partial charge in [0.1, 0.15) is 0 Å². The monoisotopic (exact) mass is 306 g/mol. The van der Waals surface area contributed by atoms with Gasteiger partial charge in [0.2, 0.25) is 3.67 Å². The topological polar surface area (TPSA) is 63.4 Å². The Morgan fingerprint density at radius 1 is 1.46 bits per heavy atom. The molecule has 10 heteroatoms. The fourth-order valence-corrected chi connectivity index (χ4v) is 2.56. The van der Waals surface area contributed by atoms with Gasteiger partial charge in [-0.25, -0.2) is 5.14 Å². The van der Waals surface area contributed by atoms with Gasteiger partial charge in [-0.15, -0.1) is 26.9 Å². The number of nitrogens with two attached hydrogens (primary N) is 1. The van der Waals surface area contributed by atoms with Gasteiger partial charge >= 0.3 is 0 Å². The third-order valence-corrected chi connectivity index (χ3v) is 5.37. The van der Waals surface area contributed by atoms with Crippen LogP contribution in [0.3, 0.4) is 0 Å². The van der Waals surface area contributed by atoms with Crippen LogP contribution in [0.15, 0.2) is 0 Å². The first-order valence-electron chi connectivity index (χ1n) is 2.69. The first-order valence-corrected chi connectivity index (χ1v) is 6.59. The average Bonchev–Trinajstić information content (AvgIpc) is 1.83. The van der Waals surface area contributed by atoms with Crippen LogP contribution in [-0.2, 0) is 10.2 Å². The lowest BCUT2D eigenvalue weighted by Gasteiger charge is -2.23. The second-order valence-corrected chi connectivity index (χ2v) is 8.02. The second-order valence-electron chi connectivity index (χ2n) is 1.91. The molecule has 0 aromatic heterocycles. The molecular weight excluding hydrogens is 302 g/mol. The Morgan fingerprint density at radius 2 is 1.85 bits per heavy atom. The van der Waals surface area contributed by atoms with Crippen LogP contribution in [-0.4, -0.2) is 27.7 Å². The van der Waals surface area contributed by atoms with Crippen molar-refractivity contribution in [1.82, 2.24) is 3.71 Å². The molecule has 0 saturated carbocycles. The summed E-state index contributed by atoms with van der Waals surface area (Å²) in [7, 11) is -2.68. The van der Waals surface area contributed by atoms with Crippen molar-refractivity contribution in [2.24, 2.45) is 5.14 Å². The summed E-state index contributed by atoms with van der Waals surface area (Å²) in [6.45, 7) is 0. The van der Waals surface area contributed by atoms with Gasteiger partial charge in [0, 0.05) is 7.05 Å². The van der Waals surface area contributed by atoms with Crippen LogP contribution >= 0.6 is 58.4 Å². The highest BCUT2D eigenvalue weighted by molar-refractivity contribution is 8.10. The van der Waals surface area contributed by atoms with Crippen LogP contribution in [0.1, 0.15) is 0 Å². The summed E-state index contributed by atoms with van der Waals surface area (Å²) in [5, 5.41) is 4.76. The number of halogens is 4. The minimum atomic E-state index is -3.86. The minimum Gasteiger partial charge on any atom is -0.215 e. The number of hydrogen-bond donors (Lipinski definition) is 1. The van der Waals surface area contributed by atoms with Gasteiger partial charge in [0.05, 0.1) is 0 Å². The van der Waals surface area contributed by atoms with Gasteiger partial charge in [0.25, 0.3) is 10.2 Å². The van der Waals surface area contributed by atoms with Crippen molar-refractivity contribution in [2.75, 3.05) is 7.05 Å².